The first-order chi connectivity index (χ1) is 18.8. The van der Waals surface area contributed by atoms with Gasteiger partial charge in [-0.25, -0.2) is 0 Å². The summed E-state index contributed by atoms with van der Waals surface area (Å²) < 4.78 is 23.1. The van der Waals surface area contributed by atoms with E-state index < -0.39 is 17.3 Å². The summed E-state index contributed by atoms with van der Waals surface area (Å²) in [6.45, 7) is 6.15. The highest BCUT2D eigenvalue weighted by molar-refractivity contribution is 5.69. The molecule has 1 saturated heterocycles. The molecule has 8 atom stereocenters. The Morgan fingerprint density at radius 3 is 2.79 bits per heavy atom. The predicted molar refractivity (Wildman–Crippen MR) is 146 cm³/mol. The van der Waals surface area contributed by atoms with Crippen LogP contribution in [0.5, 0.6) is 0 Å². The number of nitrogens with zero attached hydrogens (tertiary/aromatic N) is 1. The van der Waals surface area contributed by atoms with Gasteiger partial charge < -0.3 is 18.9 Å². The van der Waals surface area contributed by atoms with Crippen molar-refractivity contribution in [1.82, 2.24) is 0 Å². The standard InChI is InChI=1S/C30H45NO8/c1-5-6-11-21(2)27(38-30-14-9-10-17-36-30)16-15-25-26-19-23(18-24(26)20-28(25)35-4)12-7-8-13-29(32)37-22(3)39-31(33)34/h12,15-16,21-22,24-28,30H,7-11,13-14,17-20H2,1-4H3/b16-15+,23-12+/t21?,22?,24-,25?,26-,27+,28+,30?/m0/s1. The molecule has 3 fully saturated rings. The fourth-order valence-electron chi connectivity index (χ4n) is 6.09. The van der Waals surface area contributed by atoms with Crippen LogP contribution in [0.25, 0.3) is 0 Å². The first kappa shape index (κ1) is 31.1. The van der Waals surface area contributed by atoms with Crippen LogP contribution >= 0.6 is 0 Å². The van der Waals surface area contributed by atoms with Crippen molar-refractivity contribution in [3.63, 3.8) is 0 Å². The number of ether oxygens (including phenoxy) is 4. The number of allylic oxidation sites excluding steroid dienone is 2. The Labute approximate surface area is 232 Å². The zero-order valence-electron chi connectivity index (χ0n) is 23.8. The highest BCUT2D eigenvalue weighted by Crippen LogP contribution is 2.51. The summed E-state index contributed by atoms with van der Waals surface area (Å²) in [7, 11) is 1.81. The molecule has 3 aliphatic rings. The van der Waals surface area contributed by atoms with Crippen molar-refractivity contribution in [3.8, 4) is 11.8 Å². The molecule has 2 saturated carbocycles. The van der Waals surface area contributed by atoms with Crippen molar-refractivity contribution >= 4 is 5.97 Å². The number of esters is 1. The molecule has 3 rings (SSSR count). The van der Waals surface area contributed by atoms with Crippen molar-refractivity contribution < 1.29 is 33.7 Å². The second-order valence-electron chi connectivity index (χ2n) is 11.0. The molecule has 0 radical (unpaired) electrons. The minimum absolute atomic E-state index is 0.0554. The number of hydrogen-bond donors (Lipinski definition) is 0. The lowest BCUT2D eigenvalue weighted by Crippen LogP contribution is -2.31. The minimum Gasteiger partial charge on any atom is -0.435 e. The molecular formula is C30H45NO8. The SMILES string of the molecule is CC#CCC(C)[C@@H](/C=C/C1[C@H]2C/C(=C/CCCC(=O)OC(C)O[N+](=O)[O-])C[C@H]2C[C@H]1OC)OC1CCCCO1. The summed E-state index contributed by atoms with van der Waals surface area (Å²) in [6, 6.07) is 0. The molecule has 9 heteroatoms. The molecule has 0 N–H and O–H groups in total. The molecular weight excluding hydrogens is 502 g/mol. The van der Waals surface area contributed by atoms with Gasteiger partial charge in [0.1, 0.15) is 0 Å². The van der Waals surface area contributed by atoms with Gasteiger partial charge in [-0.1, -0.05) is 30.7 Å². The van der Waals surface area contributed by atoms with E-state index in [2.05, 4.69) is 41.8 Å². The number of fused-ring (bicyclic) bond motifs is 1. The monoisotopic (exact) mass is 547 g/mol. The minimum atomic E-state index is -1.19. The van der Waals surface area contributed by atoms with E-state index in [-0.39, 0.29) is 30.8 Å². The van der Waals surface area contributed by atoms with E-state index in [1.54, 1.807) is 0 Å². The van der Waals surface area contributed by atoms with Gasteiger partial charge in [-0.2, -0.15) is 0 Å². The van der Waals surface area contributed by atoms with E-state index in [1.165, 1.54) is 12.5 Å². The maximum atomic E-state index is 11.9. The summed E-state index contributed by atoms with van der Waals surface area (Å²) >= 11 is 0. The van der Waals surface area contributed by atoms with Crippen LogP contribution < -0.4 is 0 Å². The summed E-state index contributed by atoms with van der Waals surface area (Å²) in [5.41, 5.74) is 1.44. The smallest absolute Gasteiger partial charge is 0.307 e. The summed E-state index contributed by atoms with van der Waals surface area (Å²) in [5.74, 6) is 7.42. The van der Waals surface area contributed by atoms with Crippen molar-refractivity contribution in [2.75, 3.05) is 13.7 Å². The quantitative estimate of drug-likeness (QED) is 0.0514. The molecule has 9 nitrogen and oxygen atoms in total. The largest absolute Gasteiger partial charge is 0.435 e. The van der Waals surface area contributed by atoms with Gasteiger partial charge in [-0.05, 0) is 83.0 Å². The van der Waals surface area contributed by atoms with E-state index in [4.69, 9.17) is 18.9 Å². The molecule has 0 amide bonds. The zero-order valence-corrected chi connectivity index (χ0v) is 23.8. The lowest BCUT2D eigenvalue weighted by molar-refractivity contribution is -0.777. The third-order valence-corrected chi connectivity index (χ3v) is 8.07. The molecule has 0 aromatic rings. The van der Waals surface area contributed by atoms with Crippen molar-refractivity contribution in [3.05, 3.63) is 33.9 Å². The Morgan fingerprint density at radius 1 is 1.28 bits per heavy atom. The number of rotatable bonds is 14. The van der Waals surface area contributed by atoms with Crippen LogP contribution in [0.1, 0.15) is 85.0 Å². The molecule has 39 heavy (non-hydrogen) atoms. The number of hydrogen-bond acceptors (Lipinski definition) is 8. The van der Waals surface area contributed by atoms with Crippen LogP contribution in [0.4, 0.5) is 0 Å². The topological polar surface area (TPSA) is 106 Å². The average molecular weight is 548 g/mol. The van der Waals surface area contributed by atoms with Gasteiger partial charge in [0, 0.05) is 32.5 Å². The molecule has 1 heterocycles. The van der Waals surface area contributed by atoms with Crippen molar-refractivity contribution in [2.45, 2.75) is 110 Å². The Morgan fingerprint density at radius 2 is 2.10 bits per heavy atom. The van der Waals surface area contributed by atoms with Crippen LogP contribution in [0.3, 0.4) is 0 Å². The summed E-state index contributed by atoms with van der Waals surface area (Å²) in [5, 5.41) is 9.36. The molecule has 0 aromatic carbocycles. The predicted octanol–water partition coefficient (Wildman–Crippen LogP) is 5.76. The molecule has 4 unspecified atom stereocenters. The third kappa shape index (κ3) is 9.93. The van der Waals surface area contributed by atoms with Gasteiger partial charge in [0.25, 0.3) is 5.09 Å². The van der Waals surface area contributed by atoms with E-state index >= 15 is 0 Å². The highest BCUT2D eigenvalue weighted by Gasteiger charge is 2.46. The van der Waals surface area contributed by atoms with E-state index in [0.29, 0.717) is 24.2 Å². The molecule has 218 valence electrons. The van der Waals surface area contributed by atoms with Gasteiger partial charge in [-0.3, -0.25) is 9.63 Å². The second-order valence-corrected chi connectivity index (χ2v) is 11.0. The number of methoxy groups -OCH3 is 1. The van der Waals surface area contributed by atoms with Gasteiger partial charge in [0.2, 0.25) is 6.29 Å². The number of carbonyl (C=O) groups excluding carboxylic acids is 1. The molecule has 1 aliphatic heterocycles. The van der Waals surface area contributed by atoms with Crippen LogP contribution in [0.15, 0.2) is 23.8 Å². The second kappa shape index (κ2) is 16.0. The average Bonchev–Trinajstić information content (AvgIpc) is 3.45. The summed E-state index contributed by atoms with van der Waals surface area (Å²) in [6.07, 6.45) is 14.3. The maximum absolute atomic E-state index is 11.9. The van der Waals surface area contributed by atoms with Gasteiger partial charge >= 0.3 is 5.97 Å². The Bertz CT molecular complexity index is 916. The van der Waals surface area contributed by atoms with Gasteiger partial charge in [0.05, 0.1) is 12.2 Å². The van der Waals surface area contributed by atoms with Gasteiger partial charge in [0.15, 0.2) is 6.29 Å². The molecule has 2 aliphatic carbocycles. The number of unbranched alkanes of at least 4 members (excludes halogenated alkanes) is 1. The first-order valence-electron chi connectivity index (χ1n) is 14.4. The van der Waals surface area contributed by atoms with Crippen molar-refractivity contribution in [1.29, 1.82) is 0 Å². The Hall–Kier alpha value is -2.41. The van der Waals surface area contributed by atoms with Gasteiger partial charge in [-0.15, -0.1) is 22.0 Å². The normalized spacial score (nSPS) is 29.8. The zero-order chi connectivity index (χ0) is 28.2. The first-order valence-corrected chi connectivity index (χ1v) is 14.4. The van der Waals surface area contributed by atoms with E-state index in [0.717, 1.165) is 58.0 Å². The lowest BCUT2D eigenvalue weighted by atomic mass is 9.89. The number of carbonyl (C=O) groups is 1. The summed E-state index contributed by atoms with van der Waals surface area (Å²) in [4.78, 5) is 26.4. The molecule has 0 spiro atoms. The van der Waals surface area contributed by atoms with Crippen LogP contribution in [-0.4, -0.2) is 49.6 Å². The van der Waals surface area contributed by atoms with Crippen LogP contribution in [0, 0.1) is 45.6 Å². The van der Waals surface area contributed by atoms with E-state index in [9.17, 15) is 14.9 Å². The molecule has 0 bridgehead atoms. The lowest BCUT2D eigenvalue weighted by Gasteiger charge is -2.29. The fourth-order valence-corrected chi connectivity index (χ4v) is 6.09. The van der Waals surface area contributed by atoms with Crippen LogP contribution in [0.2, 0.25) is 0 Å². The van der Waals surface area contributed by atoms with Crippen LogP contribution in [-0.2, 0) is 28.6 Å². The third-order valence-electron chi connectivity index (χ3n) is 8.07. The molecule has 0 aromatic heterocycles. The highest BCUT2D eigenvalue weighted by atomic mass is 17.0. The Kier molecular flexibility index (Phi) is 12.8. The fraction of sp³-hybridized carbons (Fsp3) is 0.767. The van der Waals surface area contributed by atoms with E-state index in [1.807, 2.05) is 14.0 Å². The van der Waals surface area contributed by atoms with Crippen molar-refractivity contribution in [2.24, 2.45) is 23.7 Å². The maximum Gasteiger partial charge on any atom is 0.307 e. The Balaban J connectivity index is 1.55.